The van der Waals surface area contributed by atoms with E-state index in [1.807, 2.05) is 12.1 Å². The molecule has 5 heteroatoms. The van der Waals surface area contributed by atoms with Crippen LogP contribution in [0.5, 0.6) is 0 Å². The standard InChI is InChI=1S/C34H21BN2O2/c1-3-12-22(13-4-1)36-26-18-11-19-27-30(26)35(33-31(36)24-16-7-9-20-28(24)38-33)34-32(25-17-8-10-21-29(25)39-34)37(27)23-14-5-2-6-15-23/h1-21H. The molecule has 182 valence electrons. The van der Waals surface area contributed by atoms with Crippen LogP contribution in [0.2, 0.25) is 0 Å². The second-order valence-corrected chi connectivity index (χ2v) is 10.1. The maximum absolute atomic E-state index is 6.77. The number of hydrogen-bond donors (Lipinski definition) is 0. The van der Waals surface area contributed by atoms with Crippen molar-refractivity contribution in [2.24, 2.45) is 0 Å². The first-order valence-corrected chi connectivity index (χ1v) is 13.2. The van der Waals surface area contributed by atoms with E-state index in [1.54, 1.807) is 0 Å². The Bertz CT molecular complexity index is 1900. The molecule has 2 aliphatic rings. The Morgan fingerprint density at radius 1 is 0.436 bits per heavy atom. The van der Waals surface area contributed by atoms with Crippen LogP contribution in [0.25, 0.3) is 21.9 Å². The fraction of sp³-hybridized carbons (Fsp3) is 0. The Hall–Kier alpha value is -5.16. The molecule has 9 rings (SSSR count). The molecule has 0 N–H and O–H groups in total. The summed E-state index contributed by atoms with van der Waals surface area (Å²) in [6.07, 6.45) is 0. The predicted octanol–water partition coefficient (Wildman–Crippen LogP) is 7.26. The van der Waals surface area contributed by atoms with Crippen molar-refractivity contribution < 1.29 is 8.83 Å². The number of para-hydroxylation sites is 4. The van der Waals surface area contributed by atoms with Crippen LogP contribution in [0.4, 0.5) is 34.1 Å². The molecule has 0 fully saturated rings. The highest BCUT2D eigenvalue weighted by atomic mass is 16.3. The zero-order chi connectivity index (χ0) is 25.5. The molecule has 0 saturated heterocycles. The maximum atomic E-state index is 6.77. The fourth-order valence-corrected chi connectivity index (χ4v) is 6.49. The average molecular weight is 500 g/mol. The largest absolute Gasteiger partial charge is 0.468 e. The molecule has 2 aromatic heterocycles. The lowest BCUT2D eigenvalue weighted by Gasteiger charge is -2.40. The average Bonchev–Trinajstić information content (AvgIpc) is 3.57. The van der Waals surface area contributed by atoms with Crippen molar-refractivity contribution in [2.75, 3.05) is 9.80 Å². The van der Waals surface area contributed by atoms with Crippen molar-refractivity contribution >= 4 is 79.6 Å². The molecule has 0 unspecified atom stereocenters. The third kappa shape index (κ3) is 2.74. The van der Waals surface area contributed by atoms with Crippen LogP contribution in [0.3, 0.4) is 0 Å². The number of furan rings is 2. The number of hydrogen-bond acceptors (Lipinski definition) is 4. The molecule has 0 aliphatic carbocycles. The highest BCUT2D eigenvalue weighted by molar-refractivity contribution is 6.99. The molecular weight excluding hydrogens is 479 g/mol. The molecule has 0 bridgehead atoms. The minimum Gasteiger partial charge on any atom is -0.468 e. The molecular formula is C34H21BN2O2. The Labute approximate surface area is 225 Å². The Morgan fingerprint density at radius 3 is 1.36 bits per heavy atom. The van der Waals surface area contributed by atoms with Crippen molar-refractivity contribution in [1.82, 2.24) is 0 Å². The van der Waals surface area contributed by atoms with E-state index in [0.29, 0.717) is 0 Å². The number of nitrogens with zero attached hydrogens (tertiary/aromatic N) is 2. The minimum absolute atomic E-state index is 0.180. The van der Waals surface area contributed by atoms with Crippen LogP contribution in [-0.4, -0.2) is 6.71 Å². The van der Waals surface area contributed by atoms with Gasteiger partial charge in [-0.3, -0.25) is 0 Å². The summed E-state index contributed by atoms with van der Waals surface area (Å²) in [6.45, 7) is -0.180. The number of benzene rings is 5. The van der Waals surface area contributed by atoms with Gasteiger partial charge in [-0.1, -0.05) is 66.7 Å². The normalized spacial score (nSPS) is 13.5. The molecule has 0 amide bonds. The summed E-state index contributed by atoms with van der Waals surface area (Å²) in [5, 5.41) is 2.19. The highest BCUT2D eigenvalue weighted by Gasteiger charge is 2.49. The number of fused-ring (bicyclic) bond motifs is 8. The lowest BCUT2D eigenvalue weighted by Crippen LogP contribution is -2.60. The molecule has 0 atom stereocenters. The summed E-state index contributed by atoms with van der Waals surface area (Å²) in [5.74, 6) is 0. The summed E-state index contributed by atoms with van der Waals surface area (Å²) in [7, 11) is 0. The zero-order valence-electron chi connectivity index (χ0n) is 20.9. The van der Waals surface area contributed by atoms with Crippen molar-refractivity contribution in [2.45, 2.75) is 0 Å². The summed E-state index contributed by atoms with van der Waals surface area (Å²) >= 11 is 0. The Balaban J connectivity index is 1.45. The second kappa shape index (κ2) is 7.68. The van der Waals surface area contributed by atoms with E-state index in [9.17, 15) is 0 Å². The van der Waals surface area contributed by atoms with Crippen LogP contribution >= 0.6 is 0 Å². The van der Waals surface area contributed by atoms with Gasteiger partial charge in [0.05, 0.1) is 11.4 Å². The summed E-state index contributed by atoms with van der Waals surface area (Å²) in [6, 6.07) is 44.4. The van der Waals surface area contributed by atoms with Gasteiger partial charge in [0.1, 0.15) is 22.5 Å². The van der Waals surface area contributed by atoms with Gasteiger partial charge in [0, 0.05) is 33.5 Å². The van der Waals surface area contributed by atoms with Crippen LogP contribution < -0.4 is 26.6 Å². The van der Waals surface area contributed by atoms with E-state index in [1.165, 1.54) is 5.46 Å². The van der Waals surface area contributed by atoms with E-state index in [-0.39, 0.29) is 6.71 Å². The molecule has 7 aromatic rings. The summed E-state index contributed by atoms with van der Waals surface area (Å²) in [4.78, 5) is 4.71. The summed E-state index contributed by atoms with van der Waals surface area (Å²) in [5.41, 5.74) is 11.4. The van der Waals surface area contributed by atoms with Gasteiger partial charge in [-0.25, -0.2) is 0 Å². The van der Waals surface area contributed by atoms with Gasteiger partial charge in [-0.15, -0.1) is 0 Å². The highest BCUT2D eigenvalue weighted by Crippen LogP contribution is 2.47. The van der Waals surface area contributed by atoms with Crippen molar-refractivity contribution in [3.63, 3.8) is 0 Å². The van der Waals surface area contributed by atoms with E-state index >= 15 is 0 Å². The van der Waals surface area contributed by atoms with Crippen LogP contribution in [0.15, 0.2) is 136 Å². The van der Waals surface area contributed by atoms with Gasteiger partial charge in [-0.05, 0) is 66.1 Å². The lowest BCUT2D eigenvalue weighted by atomic mass is 9.37. The second-order valence-electron chi connectivity index (χ2n) is 10.1. The summed E-state index contributed by atoms with van der Waals surface area (Å²) < 4.78 is 13.5. The van der Waals surface area contributed by atoms with Crippen molar-refractivity contribution in [1.29, 1.82) is 0 Å². The van der Waals surface area contributed by atoms with Gasteiger partial charge in [0.15, 0.2) is 0 Å². The first-order valence-electron chi connectivity index (χ1n) is 13.2. The number of rotatable bonds is 2. The molecule has 0 radical (unpaired) electrons. The van der Waals surface area contributed by atoms with Crippen molar-refractivity contribution in [3.8, 4) is 0 Å². The van der Waals surface area contributed by atoms with Gasteiger partial charge in [0.25, 0.3) is 0 Å². The van der Waals surface area contributed by atoms with Crippen molar-refractivity contribution in [3.05, 3.63) is 127 Å². The minimum atomic E-state index is -0.180. The molecule has 39 heavy (non-hydrogen) atoms. The SMILES string of the molecule is c1ccc(N2c3cccc4c3B(c3oc5ccccc5c32)c2oc3ccccc3c2N4c2ccccc2)cc1. The van der Waals surface area contributed by atoms with Gasteiger partial charge >= 0.3 is 6.71 Å². The molecule has 0 saturated carbocycles. The first-order chi connectivity index (χ1) is 19.4. The van der Waals surface area contributed by atoms with Crippen LogP contribution in [0.1, 0.15) is 0 Å². The third-order valence-corrected chi connectivity index (χ3v) is 8.02. The fourth-order valence-electron chi connectivity index (χ4n) is 6.49. The van der Waals surface area contributed by atoms with Gasteiger partial charge in [-0.2, -0.15) is 0 Å². The van der Waals surface area contributed by atoms with Crippen LogP contribution in [0, 0.1) is 0 Å². The Morgan fingerprint density at radius 2 is 0.872 bits per heavy atom. The number of anilines is 6. The quantitative estimate of drug-likeness (QED) is 0.234. The van der Waals surface area contributed by atoms with E-state index in [0.717, 1.165) is 67.4 Å². The van der Waals surface area contributed by atoms with E-state index in [2.05, 4.69) is 125 Å². The first kappa shape index (κ1) is 20.9. The molecule has 4 heterocycles. The third-order valence-electron chi connectivity index (χ3n) is 8.02. The molecule has 0 spiro atoms. The molecule has 5 aromatic carbocycles. The Kier molecular flexibility index (Phi) is 4.11. The van der Waals surface area contributed by atoms with Crippen LogP contribution in [-0.2, 0) is 0 Å². The molecule has 4 nitrogen and oxygen atoms in total. The zero-order valence-corrected chi connectivity index (χ0v) is 20.9. The predicted molar refractivity (Wildman–Crippen MR) is 160 cm³/mol. The monoisotopic (exact) mass is 500 g/mol. The lowest BCUT2D eigenvalue weighted by molar-refractivity contribution is 0.637. The maximum Gasteiger partial charge on any atom is 0.342 e. The van der Waals surface area contributed by atoms with Gasteiger partial charge < -0.3 is 18.6 Å². The van der Waals surface area contributed by atoms with E-state index < -0.39 is 0 Å². The van der Waals surface area contributed by atoms with E-state index in [4.69, 9.17) is 8.83 Å². The molecule has 2 aliphatic heterocycles. The van der Waals surface area contributed by atoms with Gasteiger partial charge in [0.2, 0.25) is 0 Å². The smallest absolute Gasteiger partial charge is 0.342 e. The topological polar surface area (TPSA) is 32.8 Å².